The molecular formula is C10H22Si. The number of hydrogen-bond donors (Lipinski definition) is 0. The maximum Gasteiger partial charge on any atom is 0.0793 e. The number of allylic oxidation sites excluding steroid dienone is 1. The molecule has 0 rings (SSSR count). The Morgan fingerprint density at radius 2 is 1.64 bits per heavy atom. The summed E-state index contributed by atoms with van der Waals surface area (Å²) in [5.41, 5.74) is 3.41. The summed E-state index contributed by atoms with van der Waals surface area (Å²) >= 11 is 0. The van der Waals surface area contributed by atoms with E-state index in [2.05, 4.69) is 46.4 Å². The molecule has 0 saturated heterocycles. The van der Waals surface area contributed by atoms with Crippen molar-refractivity contribution in [3.8, 4) is 0 Å². The van der Waals surface area contributed by atoms with Gasteiger partial charge in [0.15, 0.2) is 0 Å². The van der Waals surface area contributed by atoms with Gasteiger partial charge in [-0.15, -0.1) is 0 Å². The molecule has 0 N–H and O–H groups in total. The first-order valence-corrected chi connectivity index (χ1v) is 7.33. The summed E-state index contributed by atoms with van der Waals surface area (Å²) in [5.74, 6) is 0. The molecule has 0 saturated carbocycles. The predicted octanol–water partition coefficient (Wildman–Crippen LogP) is 4.00. The standard InChI is InChI=1S/C10H22Si/c1-6-9-11(7-2,8-3)10(4)5/h6,9-10H,7-8H2,1-5H3. The lowest BCUT2D eigenvalue weighted by Crippen LogP contribution is -2.33. The van der Waals surface area contributed by atoms with Crippen LogP contribution in [-0.4, -0.2) is 8.07 Å². The normalized spacial score (nSPS) is 13.3. The van der Waals surface area contributed by atoms with Crippen LogP contribution < -0.4 is 0 Å². The van der Waals surface area contributed by atoms with E-state index < -0.39 is 8.07 Å². The smallest absolute Gasteiger partial charge is 0.0793 e. The highest BCUT2D eigenvalue weighted by molar-refractivity contribution is 6.85. The van der Waals surface area contributed by atoms with Crippen molar-refractivity contribution in [3.63, 3.8) is 0 Å². The molecule has 0 aliphatic rings. The van der Waals surface area contributed by atoms with Crippen LogP contribution in [-0.2, 0) is 0 Å². The summed E-state index contributed by atoms with van der Waals surface area (Å²) < 4.78 is 0. The zero-order valence-electron chi connectivity index (χ0n) is 8.65. The van der Waals surface area contributed by atoms with Crippen molar-refractivity contribution >= 4 is 8.07 Å². The molecule has 0 bridgehead atoms. The fraction of sp³-hybridized carbons (Fsp3) is 0.800. The second-order valence-electron chi connectivity index (χ2n) is 3.59. The van der Waals surface area contributed by atoms with Gasteiger partial charge >= 0.3 is 0 Å². The second-order valence-corrected chi connectivity index (χ2v) is 8.96. The average molecular weight is 170 g/mol. The van der Waals surface area contributed by atoms with Gasteiger partial charge in [-0.3, -0.25) is 0 Å². The molecule has 0 aromatic carbocycles. The molecular weight excluding hydrogens is 148 g/mol. The third-order valence-electron chi connectivity index (χ3n) is 2.96. The Morgan fingerprint density at radius 1 is 1.18 bits per heavy atom. The van der Waals surface area contributed by atoms with Crippen molar-refractivity contribution in [2.24, 2.45) is 0 Å². The van der Waals surface area contributed by atoms with Gasteiger partial charge in [0.1, 0.15) is 0 Å². The highest BCUT2D eigenvalue weighted by atomic mass is 28.3. The molecule has 0 spiro atoms. The van der Waals surface area contributed by atoms with E-state index in [9.17, 15) is 0 Å². The van der Waals surface area contributed by atoms with Crippen molar-refractivity contribution in [1.29, 1.82) is 0 Å². The molecule has 0 aliphatic carbocycles. The summed E-state index contributed by atoms with van der Waals surface area (Å²) in [6.45, 7) is 11.6. The molecule has 0 fully saturated rings. The third-order valence-corrected chi connectivity index (χ3v) is 8.89. The van der Waals surface area contributed by atoms with Gasteiger partial charge < -0.3 is 0 Å². The molecule has 0 radical (unpaired) electrons. The lowest BCUT2D eigenvalue weighted by atomic mass is 10.6. The minimum atomic E-state index is -1.00. The lowest BCUT2D eigenvalue weighted by molar-refractivity contribution is 0.977. The van der Waals surface area contributed by atoms with Crippen LogP contribution in [0.5, 0.6) is 0 Å². The summed E-state index contributed by atoms with van der Waals surface area (Å²) in [7, 11) is -1.00. The minimum absolute atomic E-state index is 0.897. The molecule has 0 aliphatic heterocycles. The van der Waals surface area contributed by atoms with Crippen LogP contribution in [0.1, 0.15) is 34.6 Å². The van der Waals surface area contributed by atoms with Gasteiger partial charge in [-0.25, -0.2) is 0 Å². The van der Waals surface area contributed by atoms with Crippen LogP contribution in [0.25, 0.3) is 0 Å². The third kappa shape index (κ3) is 2.48. The van der Waals surface area contributed by atoms with Gasteiger partial charge in [0, 0.05) is 0 Å². The quantitative estimate of drug-likeness (QED) is 0.559. The van der Waals surface area contributed by atoms with E-state index in [4.69, 9.17) is 0 Å². The first-order chi connectivity index (χ1) is 5.13. The molecule has 0 atom stereocenters. The Hall–Kier alpha value is -0.0431. The molecule has 0 unspecified atom stereocenters. The van der Waals surface area contributed by atoms with Gasteiger partial charge in [-0.2, -0.15) is 0 Å². The van der Waals surface area contributed by atoms with E-state index in [1.165, 1.54) is 12.1 Å². The first kappa shape index (κ1) is 11.0. The van der Waals surface area contributed by atoms with E-state index in [1.807, 2.05) is 0 Å². The van der Waals surface area contributed by atoms with Crippen LogP contribution in [0.15, 0.2) is 11.8 Å². The van der Waals surface area contributed by atoms with Crippen molar-refractivity contribution in [3.05, 3.63) is 11.8 Å². The van der Waals surface area contributed by atoms with E-state index in [0.29, 0.717) is 0 Å². The van der Waals surface area contributed by atoms with Gasteiger partial charge in [0.25, 0.3) is 0 Å². The summed E-state index contributed by atoms with van der Waals surface area (Å²) in [5, 5.41) is 0. The molecule has 0 aromatic heterocycles. The maximum atomic E-state index is 2.51. The number of hydrogen-bond acceptors (Lipinski definition) is 0. The van der Waals surface area contributed by atoms with Crippen LogP contribution >= 0.6 is 0 Å². The molecule has 0 heterocycles. The van der Waals surface area contributed by atoms with Crippen LogP contribution in [0.2, 0.25) is 17.6 Å². The number of rotatable bonds is 4. The van der Waals surface area contributed by atoms with Gasteiger partial charge in [0.2, 0.25) is 0 Å². The van der Waals surface area contributed by atoms with Crippen molar-refractivity contribution in [2.45, 2.75) is 52.2 Å². The lowest BCUT2D eigenvalue weighted by Gasteiger charge is -2.30. The van der Waals surface area contributed by atoms with E-state index in [-0.39, 0.29) is 0 Å². The predicted molar refractivity (Wildman–Crippen MR) is 56.6 cm³/mol. The second kappa shape index (κ2) is 4.76. The summed E-state index contributed by atoms with van der Waals surface area (Å²) in [6.07, 6.45) is 2.25. The largest absolute Gasteiger partial charge is 0.0982 e. The van der Waals surface area contributed by atoms with Crippen molar-refractivity contribution < 1.29 is 0 Å². The molecule has 0 amide bonds. The fourth-order valence-electron chi connectivity index (χ4n) is 1.83. The summed E-state index contributed by atoms with van der Waals surface area (Å²) in [4.78, 5) is 0. The van der Waals surface area contributed by atoms with Crippen LogP contribution in [0.3, 0.4) is 0 Å². The van der Waals surface area contributed by atoms with E-state index in [1.54, 1.807) is 0 Å². The highest BCUT2D eigenvalue weighted by Gasteiger charge is 2.28. The average Bonchev–Trinajstić information content (AvgIpc) is 2.00. The van der Waals surface area contributed by atoms with Crippen molar-refractivity contribution in [1.82, 2.24) is 0 Å². The molecule has 1 heteroatoms. The molecule has 11 heavy (non-hydrogen) atoms. The Morgan fingerprint density at radius 3 is 1.73 bits per heavy atom. The maximum absolute atomic E-state index is 2.51. The van der Waals surface area contributed by atoms with Gasteiger partial charge in [-0.05, 0) is 12.5 Å². The Balaban J connectivity index is 4.46. The van der Waals surface area contributed by atoms with Crippen molar-refractivity contribution in [2.75, 3.05) is 0 Å². The van der Waals surface area contributed by atoms with E-state index in [0.717, 1.165) is 5.54 Å². The fourth-order valence-corrected chi connectivity index (χ4v) is 5.48. The minimum Gasteiger partial charge on any atom is -0.0982 e. The molecule has 66 valence electrons. The highest BCUT2D eigenvalue weighted by Crippen LogP contribution is 2.29. The zero-order chi connectivity index (χ0) is 8.91. The topological polar surface area (TPSA) is 0 Å². The molecule has 0 aromatic rings. The van der Waals surface area contributed by atoms with Gasteiger partial charge in [-0.1, -0.05) is 51.6 Å². The SMILES string of the molecule is CC=C[Si](CC)(CC)C(C)C. The first-order valence-electron chi connectivity index (χ1n) is 4.76. The zero-order valence-corrected chi connectivity index (χ0v) is 9.65. The Labute approximate surface area is 72.7 Å². The van der Waals surface area contributed by atoms with Gasteiger partial charge in [0.05, 0.1) is 8.07 Å². The molecule has 0 nitrogen and oxygen atoms in total. The van der Waals surface area contributed by atoms with Crippen LogP contribution in [0, 0.1) is 0 Å². The Kier molecular flexibility index (Phi) is 4.74. The monoisotopic (exact) mass is 170 g/mol. The Bertz CT molecular complexity index is 121. The van der Waals surface area contributed by atoms with Crippen LogP contribution in [0.4, 0.5) is 0 Å². The summed E-state index contributed by atoms with van der Waals surface area (Å²) in [6, 6.07) is 2.79. The van der Waals surface area contributed by atoms with E-state index >= 15 is 0 Å².